The van der Waals surface area contributed by atoms with Gasteiger partial charge in [0, 0.05) is 31.6 Å². The smallest absolute Gasteiger partial charge is 0.273 e. The van der Waals surface area contributed by atoms with Gasteiger partial charge < -0.3 is 15.5 Å². The first kappa shape index (κ1) is 12.9. The van der Waals surface area contributed by atoms with Crippen LogP contribution in [-0.2, 0) is 0 Å². The van der Waals surface area contributed by atoms with Crippen LogP contribution >= 0.6 is 11.3 Å². The normalized spacial score (nSPS) is 15.4. The average molecular weight is 289 g/mol. The highest BCUT2D eigenvalue weighted by Gasteiger charge is 2.23. The first-order valence-electron chi connectivity index (χ1n) is 6.38. The fourth-order valence-electron chi connectivity index (χ4n) is 2.20. The number of hydrogen-bond donors (Lipinski definition) is 1. The highest BCUT2D eigenvalue weighted by Crippen LogP contribution is 2.16. The van der Waals surface area contributed by atoms with Gasteiger partial charge in [-0.05, 0) is 12.1 Å². The Morgan fingerprint density at radius 2 is 2.00 bits per heavy atom. The number of amides is 1. The van der Waals surface area contributed by atoms with Gasteiger partial charge in [0.2, 0.25) is 0 Å². The first-order valence-corrected chi connectivity index (χ1v) is 7.32. The van der Waals surface area contributed by atoms with E-state index < -0.39 is 0 Å². The summed E-state index contributed by atoms with van der Waals surface area (Å²) in [5.74, 6) is 0.913. The van der Waals surface area contributed by atoms with Crippen LogP contribution in [0.5, 0.6) is 0 Å². The molecule has 1 fully saturated rings. The Labute approximate surface area is 120 Å². The summed E-state index contributed by atoms with van der Waals surface area (Å²) in [6.45, 7) is 2.91. The molecule has 0 radical (unpaired) electrons. The van der Waals surface area contributed by atoms with Gasteiger partial charge in [-0.15, -0.1) is 11.3 Å². The molecule has 0 bridgehead atoms. The predicted octanol–water partition coefficient (Wildman–Crippen LogP) is 1.08. The Balaban J connectivity index is 1.62. The zero-order valence-corrected chi connectivity index (χ0v) is 11.7. The second-order valence-corrected chi connectivity index (χ2v) is 5.32. The minimum Gasteiger partial charge on any atom is -0.397 e. The van der Waals surface area contributed by atoms with Crippen molar-refractivity contribution < 1.29 is 4.79 Å². The number of anilines is 2. The summed E-state index contributed by atoms with van der Waals surface area (Å²) < 4.78 is 0. The summed E-state index contributed by atoms with van der Waals surface area (Å²) in [6.07, 6.45) is 1.65. The SMILES string of the molecule is Nc1ccc(N2CCN(C(=O)c3cscn3)CC2)nc1. The fourth-order valence-corrected chi connectivity index (χ4v) is 2.73. The summed E-state index contributed by atoms with van der Waals surface area (Å²) in [5.41, 5.74) is 8.51. The Morgan fingerprint density at radius 3 is 2.60 bits per heavy atom. The minimum atomic E-state index is 0.0103. The number of carbonyl (C=O) groups excluding carboxylic acids is 1. The van der Waals surface area contributed by atoms with Crippen LogP contribution in [-0.4, -0.2) is 47.0 Å². The largest absolute Gasteiger partial charge is 0.397 e. The Morgan fingerprint density at radius 1 is 1.20 bits per heavy atom. The topological polar surface area (TPSA) is 75.3 Å². The van der Waals surface area contributed by atoms with E-state index in [9.17, 15) is 4.79 Å². The molecule has 0 spiro atoms. The molecule has 2 aromatic heterocycles. The second kappa shape index (κ2) is 5.46. The molecule has 1 saturated heterocycles. The third-order valence-electron chi connectivity index (χ3n) is 3.31. The lowest BCUT2D eigenvalue weighted by molar-refractivity contribution is 0.0741. The standard InChI is InChI=1S/C13H15N5OS/c14-10-1-2-12(15-7-10)17-3-5-18(6-4-17)13(19)11-8-20-9-16-11/h1-2,7-9H,3-6,14H2. The Bertz CT molecular complexity index is 575. The molecular formula is C13H15N5OS. The van der Waals surface area contributed by atoms with Crippen LogP contribution in [0.25, 0.3) is 0 Å². The molecule has 6 nitrogen and oxygen atoms in total. The number of thiazole rings is 1. The van der Waals surface area contributed by atoms with Gasteiger partial charge in [0.15, 0.2) is 0 Å². The monoisotopic (exact) mass is 289 g/mol. The second-order valence-electron chi connectivity index (χ2n) is 4.60. The van der Waals surface area contributed by atoms with E-state index in [1.165, 1.54) is 11.3 Å². The van der Waals surface area contributed by atoms with Crippen molar-refractivity contribution in [3.05, 3.63) is 34.9 Å². The maximum atomic E-state index is 12.2. The van der Waals surface area contributed by atoms with E-state index in [4.69, 9.17) is 5.73 Å². The number of piperazine rings is 1. The Kier molecular flexibility index (Phi) is 3.51. The zero-order valence-electron chi connectivity index (χ0n) is 10.9. The third-order valence-corrected chi connectivity index (χ3v) is 3.90. The summed E-state index contributed by atoms with van der Waals surface area (Å²) in [7, 11) is 0. The lowest BCUT2D eigenvalue weighted by Crippen LogP contribution is -2.49. The molecule has 0 aromatic carbocycles. The average Bonchev–Trinajstić information content (AvgIpc) is 3.02. The maximum Gasteiger partial charge on any atom is 0.273 e. The maximum absolute atomic E-state index is 12.2. The Hall–Kier alpha value is -2.15. The van der Waals surface area contributed by atoms with Gasteiger partial charge in [0.05, 0.1) is 17.4 Å². The molecule has 7 heteroatoms. The van der Waals surface area contributed by atoms with Crippen LogP contribution in [0.1, 0.15) is 10.5 Å². The predicted molar refractivity (Wildman–Crippen MR) is 78.9 cm³/mol. The number of nitrogen functional groups attached to an aromatic ring is 1. The van der Waals surface area contributed by atoms with Crippen LogP contribution in [0.2, 0.25) is 0 Å². The molecule has 20 heavy (non-hydrogen) atoms. The van der Waals surface area contributed by atoms with Crippen molar-refractivity contribution in [3.63, 3.8) is 0 Å². The molecular weight excluding hydrogens is 274 g/mol. The quantitative estimate of drug-likeness (QED) is 0.895. The molecule has 0 saturated carbocycles. The number of hydrogen-bond acceptors (Lipinski definition) is 6. The van der Waals surface area contributed by atoms with E-state index in [1.807, 2.05) is 17.0 Å². The molecule has 1 aliphatic rings. The van der Waals surface area contributed by atoms with Crippen LogP contribution < -0.4 is 10.6 Å². The van der Waals surface area contributed by atoms with E-state index in [-0.39, 0.29) is 5.91 Å². The molecule has 2 aromatic rings. The van der Waals surface area contributed by atoms with Gasteiger partial charge in [0.25, 0.3) is 5.91 Å². The van der Waals surface area contributed by atoms with E-state index in [0.717, 1.165) is 18.9 Å². The van der Waals surface area contributed by atoms with Crippen molar-refractivity contribution in [3.8, 4) is 0 Å². The van der Waals surface area contributed by atoms with Crippen molar-refractivity contribution in [1.29, 1.82) is 0 Å². The van der Waals surface area contributed by atoms with Gasteiger partial charge in [-0.2, -0.15) is 0 Å². The lowest BCUT2D eigenvalue weighted by atomic mass is 10.2. The number of carbonyl (C=O) groups is 1. The summed E-state index contributed by atoms with van der Waals surface area (Å²) >= 11 is 1.44. The third kappa shape index (κ3) is 2.57. The van der Waals surface area contributed by atoms with Crippen molar-refractivity contribution >= 4 is 28.7 Å². The van der Waals surface area contributed by atoms with E-state index >= 15 is 0 Å². The van der Waals surface area contributed by atoms with Crippen LogP contribution in [0, 0.1) is 0 Å². The molecule has 3 heterocycles. The number of nitrogens with zero attached hydrogens (tertiary/aromatic N) is 4. The van der Waals surface area contributed by atoms with Gasteiger partial charge in [-0.3, -0.25) is 4.79 Å². The van der Waals surface area contributed by atoms with Gasteiger partial charge >= 0.3 is 0 Å². The lowest BCUT2D eigenvalue weighted by Gasteiger charge is -2.35. The number of pyridine rings is 1. The van der Waals surface area contributed by atoms with E-state index in [1.54, 1.807) is 17.1 Å². The highest BCUT2D eigenvalue weighted by molar-refractivity contribution is 7.07. The number of nitrogens with two attached hydrogens (primary N) is 1. The molecule has 0 atom stereocenters. The van der Waals surface area contributed by atoms with E-state index in [2.05, 4.69) is 14.9 Å². The first-order chi connectivity index (χ1) is 9.74. The van der Waals surface area contributed by atoms with E-state index in [0.29, 0.717) is 24.5 Å². The van der Waals surface area contributed by atoms with Gasteiger partial charge in [0.1, 0.15) is 11.5 Å². The van der Waals surface area contributed by atoms with Crippen molar-refractivity contribution in [1.82, 2.24) is 14.9 Å². The highest BCUT2D eigenvalue weighted by atomic mass is 32.1. The molecule has 0 unspecified atom stereocenters. The van der Waals surface area contributed by atoms with Crippen molar-refractivity contribution in [2.24, 2.45) is 0 Å². The summed E-state index contributed by atoms with van der Waals surface area (Å²) in [4.78, 5) is 24.5. The van der Waals surface area contributed by atoms with Crippen molar-refractivity contribution in [2.75, 3.05) is 36.8 Å². The summed E-state index contributed by atoms with van der Waals surface area (Å²) in [6, 6.07) is 3.75. The molecule has 1 amide bonds. The molecule has 104 valence electrons. The fraction of sp³-hybridized carbons (Fsp3) is 0.308. The zero-order chi connectivity index (χ0) is 13.9. The number of rotatable bonds is 2. The van der Waals surface area contributed by atoms with Gasteiger partial charge in [-0.25, -0.2) is 9.97 Å². The minimum absolute atomic E-state index is 0.0103. The summed E-state index contributed by atoms with van der Waals surface area (Å²) in [5, 5.41) is 1.79. The number of aromatic nitrogens is 2. The van der Waals surface area contributed by atoms with Crippen LogP contribution in [0.15, 0.2) is 29.2 Å². The molecule has 2 N–H and O–H groups in total. The molecule has 0 aliphatic carbocycles. The van der Waals surface area contributed by atoms with Crippen LogP contribution in [0.3, 0.4) is 0 Å². The van der Waals surface area contributed by atoms with Gasteiger partial charge in [-0.1, -0.05) is 0 Å². The molecule has 3 rings (SSSR count). The van der Waals surface area contributed by atoms with Crippen molar-refractivity contribution in [2.45, 2.75) is 0 Å². The van der Waals surface area contributed by atoms with Crippen LogP contribution in [0.4, 0.5) is 11.5 Å². The molecule has 1 aliphatic heterocycles.